The van der Waals surface area contributed by atoms with Gasteiger partial charge in [0.1, 0.15) is 5.58 Å². The van der Waals surface area contributed by atoms with Crippen molar-refractivity contribution in [2.45, 2.75) is 45.6 Å². The van der Waals surface area contributed by atoms with Crippen LogP contribution in [-0.2, 0) is 16.6 Å². The molecule has 1 amide bonds. The lowest BCUT2D eigenvalue weighted by molar-refractivity contribution is -0.127. The Labute approximate surface area is 205 Å². The first kappa shape index (κ1) is 24.3. The number of hydrogen-bond acceptors (Lipinski definition) is 4. The third-order valence-corrected chi connectivity index (χ3v) is 5.99. The average molecular weight is 470 g/mol. The van der Waals surface area contributed by atoms with Gasteiger partial charge in [0.05, 0.1) is 5.39 Å². The number of amides is 1. The third-order valence-electron chi connectivity index (χ3n) is 5.99. The second-order valence-corrected chi connectivity index (χ2v) is 9.70. The van der Waals surface area contributed by atoms with Gasteiger partial charge >= 0.3 is 0 Å². The number of nitrogens with one attached hydrogen (secondary N) is 1. The van der Waals surface area contributed by atoms with Gasteiger partial charge in [-0.05, 0) is 42.0 Å². The SMILES string of the molecule is CC(Oc1c(-c2ccc(C(C)(C)C)cc2)oc2ccccc2c1=O)C(=O)NCCc1ccccc1. The molecule has 0 aliphatic carbocycles. The molecule has 0 aliphatic rings. The molecule has 1 N–H and O–H groups in total. The van der Waals surface area contributed by atoms with Crippen molar-refractivity contribution < 1.29 is 13.9 Å². The van der Waals surface area contributed by atoms with E-state index >= 15 is 0 Å². The molecule has 4 aromatic rings. The van der Waals surface area contributed by atoms with Gasteiger partial charge in [0.25, 0.3) is 5.91 Å². The second kappa shape index (κ2) is 10.2. The monoisotopic (exact) mass is 469 g/mol. The van der Waals surface area contributed by atoms with E-state index in [-0.39, 0.29) is 22.5 Å². The number of hydrogen-bond donors (Lipinski definition) is 1. The van der Waals surface area contributed by atoms with E-state index in [0.29, 0.717) is 35.3 Å². The minimum absolute atomic E-state index is 0.00552. The Morgan fingerprint density at radius 1 is 0.943 bits per heavy atom. The van der Waals surface area contributed by atoms with Crippen LogP contribution < -0.4 is 15.5 Å². The van der Waals surface area contributed by atoms with E-state index in [4.69, 9.17) is 9.15 Å². The van der Waals surface area contributed by atoms with Gasteiger partial charge in [-0.1, -0.05) is 87.5 Å². The molecule has 4 rings (SSSR count). The molecule has 1 heterocycles. The van der Waals surface area contributed by atoms with Crippen LogP contribution in [0, 0.1) is 0 Å². The van der Waals surface area contributed by atoms with E-state index in [0.717, 1.165) is 11.1 Å². The van der Waals surface area contributed by atoms with Crippen LogP contribution in [0.25, 0.3) is 22.3 Å². The third kappa shape index (κ3) is 5.62. The molecule has 1 unspecified atom stereocenters. The molecule has 0 aliphatic heterocycles. The molecule has 0 saturated heterocycles. The zero-order valence-electron chi connectivity index (χ0n) is 20.6. The lowest BCUT2D eigenvalue weighted by Crippen LogP contribution is -2.38. The fraction of sp³-hybridized carbons (Fsp3) is 0.267. The number of carbonyl (C=O) groups excluding carboxylic acids is 1. The van der Waals surface area contributed by atoms with E-state index in [1.165, 1.54) is 0 Å². The zero-order chi connectivity index (χ0) is 25.0. The maximum Gasteiger partial charge on any atom is 0.260 e. The Morgan fingerprint density at radius 3 is 2.29 bits per heavy atom. The quantitative estimate of drug-likeness (QED) is 0.367. The smallest absolute Gasteiger partial charge is 0.260 e. The summed E-state index contributed by atoms with van der Waals surface area (Å²) in [6.45, 7) is 8.54. The van der Waals surface area contributed by atoms with Gasteiger partial charge in [-0.15, -0.1) is 0 Å². The molecule has 0 saturated carbocycles. The second-order valence-electron chi connectivity index (χ2n) is 9.70. The van der Waals surface area contributed by atoms with Crippen LogP contribution in [-0.4, -0.2) is 18.6 Å². The van der Waals surface area contributed by atoms with Gasteiger partial charge in [-0.2, -0.15) is 0 Å². The largest absolute Gasteiger partial charge is 0.473 e. The maximum atomic E-state index is 13.4. The number of rotatable bonds is 7. The number of para-hydroxylation sites is 1. The summed E-state index contributed by atoms with van der Waals surface area (Å²) in [5, 5.41) is 3.31. The molecular formula is C30H31NO4. The van der Waals surface area contributed by atoms with Crippen molar-refractivity contribution in [1.29, 1.82) is 0 Å². The summed E-state index contributed by atoms with van der Waals surface area (Å²) in [5.74, 6) is 0.0681. The minimum Gasteiger partial charge on any atom is -0.473 e. The van der Waals surface area contributed by atoms with Gasteiger partial charge in [0.2, 0.25) is 11.2 Å². The molecule has 180 valence electrons. The molecule has 5 heteroatoms. The average Bonchev–Trinajstić information content (AvgIpc) is 2.85. The fourth-order valence-electron chi connectivity index (χ4n) is 3.89. The lowest BCUT2D eigenvalue weighted by Gasteiger charge is -2.20. The van der Waals surface area contributed by atoms with Gasteiger partial charge in [0.15, 0.2) is 11.9 Å². The highest BCUT2D eigenvalue weighted by Gasteiger charge is 2.23. The highest BCUT2D eigenvalue weighted by Crippen LogP contribution is 2.33. The van der Waals surface area contributed by atoms with Crippen LogP contribution in [0.2, 0.25) is 0 Å². The molecule has 0 fully saturated rings. The summed E-state index contributed by atoms with van der Waals surface area (Å²) in [6.07, 6.45) is -0.162. The number of benzene rings is 3. The Hall–Kier alpha value is -3.86. The van der Waals surface area contributed by atoms with Gasteiger partial charge < -0.3 is 14.5 Å². The van der Waals surface area contributed by atoms with Crippen molar-refractivity contribution >= 4 is 16.9 Å². The van der Waals surface area contributed by atoms with Crippen molar-refractivity contribution in [3.05, 3.63) is 100 Å². The van der Waals surface area contributed by atoms with Gasteiger partial charge in [-0.25, -0.2) is 0 Å². The Kier molecular flexibility index (Phi) is 7.06. The van der Waals surface area contributed by atoms with E-state index < -0.39 is 6.10 Å². The first-order valence-corrected chi connectivity index (χ1v) is 11.9. The summed E-state index contributed by atoms with van der Waals surface area (Å²) in [7, 11) is 0. The lowest BCUT2D eigenvalue weighted by atomic mass is 9.86. The Balaban J connectivity index is 1.61. The molecule has 1 aromatic heterocycles. The van der Waals surface area contributed by atoms with E-state index in [2.05, 4.69) is 26.1 Å². The Bertz CT molecular complexity index is 1370. The first-order valence-electron chi connectivity index (χ1n) is 11.9. The van der Waals surface area contributed by atoms with E-state index in [9.17, 15) is 9.59 Å². The maximum absolute atomic E-state index is 13.4. The number of ether oxygens (including phenoxy) is 1. The summed E-state index contributed by atoms with van der Waals surface area (Å²) < 4.78 is 12.1. The standard InChI is InChI=1S/C30H31NO4/c1-20(29(33)31-19-18-21-10-6-5-7-11-21)34-28-26(32)24-12-8-9-13-25(24)35-27(28)22-14-16-23(17-15-22)30(2,3)4/h5-17,20H,18-19H2,1-4H3,(H,31,33). The van der Waals surface area contributed by atoms with Crippen LogP contribution in [0.3, 0.4) is 0 Å². The van der Waals surface area contributed by atoms with Crippen molar-refractivity contribution in [2.24, 2.45) is 0 Å². The summed E-state index contributed by atoms with van der Waals surface area (Å²) in [4.78, 5) is 26.1. The van der Waals surface area contributed by atoms with Gasteiger partial charge in [-0.3, -0.25) is 9.59 Å². The molecule has 1 atom stereocenters. The van der Waals surface area contributed by atoms with E-state index in [1.807, 2.05) is 60.7 Å². The van der Waals surface area contributed by atoms with Crippen molar-refractivity contribution in [3.8, 4) is 17.1 Å². The molecule has 3 aromatic carbocycles. The number of carbonyl (C=O) groups is 1. The molecule has 35 heavy (non-hydrogen) atoms. The van der Waals surface area contributed by atoms with Crippen LogP contribution in [0.4, 0.5) is 0 Å². The highest BCUT2D eigenvalue weighted by molar-refractivity contribution is 5.84. The van der Waals surface area contributed by atoms with Crippen LogP contribution in [0.5, 0.6) is 5.75 Å². The topological polar surface area (TPSA) is 68.5 Å². The Morgan fingerprint density at radius 2 is 1.60 bits per heavy atom. The predicted octanol–water partition coefficient (Wildman–Crippen LogP) is 5.88. The van der Waals surface area contributed by atoms with Crippen LogP contribution >= 0.6 is 0 Å². The zero-order valence-corrected chi connectivity index (χ0v) is 20.6. The van der Waals surface area contributed by atoms with Crippen molar-refractivity contribution in [3.63, 3.8) is 0 Å². The normalized spacial score (nSPS) is 12.3. The van der Waals surface area contributed by atoms with E-state index in [1.54, 1.807) is 25.1 Å². The molecule has 0 radical (unpaired) electrons. The van der Waals surface area contributed by atoms with Crippen molar-refractivity contribution in [1.82, 2.24) is 5.32 Å². The number of fused-ring (bicyclic) bond motifs is 1. The molecular weight excluding hydrogens is 438 g/mol. The fourth-order valence-corrected chi connectivity index (χ4v) is 3.89. The summed E-state index contributed by atoms with van der Waals surface area (Å²) in [6, 6.07) is 24.9. The highest BCUT2D eigenvalue weighted by atomic mass is 16.5. The minimum atomic E-state index is -0.873. The molecule has 5 nitrogen and oxygen atoms in total. The first-order chi connectivity index (χ1) is 16.7. The molecule has 0 bridgehead atoms. The molecule has 0 spiro atoms. The van der Waals surface area contributed by atoms with Crippen LogP contribution in [0.15, 0.2) is 88.1 Å². The summed E-state index contributed by atoms with van der Waals surface area (Å²) in [5.41, 5.74) is 3.18. The summed E-state index contributed by atoms with van der Waals surface area (Å²) >= 11 is 0. The van der Waals surface area contributed by atoms with Crippen LogP contribution in [0.1, 0.15) is 38.8 Å². The van der Waals surface area contributed by atoms with Gasteiger partial charge in [0, 0.05) is 12.1 Å². The van der Waals surface area contributed by atoms with Crippen molar-refractivity contribution in [2.75, 3.05) is 6.54 Å². The predicted molar refractivity (Wildman–Crippen MR) is 140 cm³/mol.